The fraction of sp³-hybridized carbons (Fsp3) is 0.941. The zero-order valence-electron chi connectivity index (χ0n) is 14.3. The summed E-state index contributed by atoms with van der Waals surface area (Å²) in [7, 11) is 1.86. The van der Waals surface area contributed by atoms with Crippen LogP contribution in [0.5, 0.6) is 0 Å². The van der Waals surface area contributed by atoms with Crippen LogP contribution >= 0.6 is 0 Å². The van der Waals surface area contributed by atoms with Gasteiger partial charge in [-0.15, -0.1) is 0 Å². The fourth-order valence-corrected chi connectivity index (χ4v) is 4.30. The average Bonchev–Trinajstić information content (AvgIpc) is 3.00. The Hall–Kier alpha value is -0.810. The molecule has 0 amide bonds. The van der Waals surface area contributed by atoms with Crippen LogP contribution in [0, 0.1) is 10.8 Å². The standard InChI is InChI=1S/C17H31N3O2/c1-4-22-14-9-13(17(14)7-5-6-8-17)20-15(18-3)19-10-16(2)11-21-12-16/h13-14H,4-12H2,1-3H3,(H2,18,19,20). The van der Waals surface area contributed by atoms with Gasteiger partial charge in [-0.3, -0.25) is 4.99 Å². The van der Waals surface area contributed by atoms with Gasteiger partial charge in [0.1, 0.15) is 0 Å². The molecule has 0 radical (unpaired) electrons. The van der Waals surface area contributed by atoms with Crippen molar-refractivity contribution in [1.82, 2.24) is 10.6 Å². The molecule has 1 saturated heterocycles. The molecule has 5 nitrogen and oxygen atoms in total. The van der Waals surface area contributed by atoms with E-state index < -0.39 is 0 Å². The van der Waals surface area contributed by atoms with Crippen LogP contribution in [0.4, 0.5) is 0 Å². The van der Waals surface area contributed by atoms with Crippen LogP contribution in [0.3, 0.4) is 0 Å². The topological polar surface area (TPSA) is 54.9 Å². The van der Waals surface area contributed by atoms with Gasteiger partial charge in [-0.05, 0) is 26.2 Å². The minimum Gasteiger partial charge on any atom is -0.380 e. The molecule has 22 heavy (non-hydrogen) atoms. The molecule has 0 aromatic rings. The molecule has 5 heteroatoms. The molecular formula is C17H31N3O2. The molecule has 1 spiro atoms. The molecule has 0 bridgehead atoms. The van der Waals surface area contributed by atoms with E-state index in [1.807, 2.05) is 7.05 Å². The molecule has 2 N–H and O–H groups in total. The van der Waals surface area contributed by atoms with Crippen LogP contribution in [0.25, 0.3) is 0 Å². The van der Waals surface area contributed by atoms with Crippen molar-refractivity contribution in [2.45, 2.75) is 58.1 Å². The number of nitrogens with one attached hydrogen (secondary N) is 2. The monoisotopic (exact) mass is 309 g/mol. The molecule has 1 heterocycles. The molecule has 0 aromatic heterocycles. The van der Waals surface area contributed by atoms with E-state index >= 15 is 0 Å². The second-order valence-corrected chi connectivity index (χ2v) is 7.55. The number of hydrogen-bond acceptors (Lipinski definition) is 3. The summed E-state index contributed by atoms with van der Waals surface area (Å²) in [5.74, 6) is 0.930. The minimum atomic E-state index is 0.260. The predicted octanol–water partition coefficient (Wildman–Crippen LogP) is 1.93. The second kappa shape index (κ2) is 6.36. The highest BCUT2D eigenvalue weighted by molar-refractivity contribution is 5.80. The Morgan fingerprint density at radius 2 is 2.05 bits per heavy atom. The van der Waals surface area contributed by atoms with Crippen molar-refractivity contribution >= 4 is 5.96 Å². The van der Waals surface area contributed by atoms with Gasteiger partial charge in [0.25, 0.3) is 0 Å². The molecule has 2 atom stereocenters. The molecule has 126 valence electrons. The first-order valence-electron chi connectivity index (χ1n) is 8.78. The van der Waals surface area contributed by atoms with Crippen molar-refractivity contribution < 1.29 is 9.47 Å². The van der Waals surface area contributed by atoms with Crippen molar-refractivity contribution in [3.63, 3.8) is 0 Å². The lowest BCUT2D eigenvalue weighted by Gasteiger charge is -2.54. The van der Waals surface area contributed by atoms with Crippen molar-refractivity contribution in [2.24, 2.45) is 15.8 Å². The number of aliphatic imine (C=N–C) groups is 1. The maximum Gasteiger partial charge on any atom is 0.191 e. The Labute approximate surface area is 134 Å². The normalized spacial score (nSPS) is 32.4. The highest BCUT2D eigenvalue weighted by atomic mass is 16.5. The Balaban J connectivity index is 1.54. The predicted molar refractivity (Wildman–Crippen MR) is 88.1 cm³/mol. The first-order valence-corrected chi connectivity index (χ1v) is 8.78. The molecule has 1 aliphatic heterocycles. The summed E-state index contributed by atoms with van der Waals surface area (Å²) < 4.78 is 11.3. The van der Waals surface area contributed by atoms with Crippen molar-refractivity contribution in [3.05, 3.63) is 0 Å². The van der Waals surface area contributed by atoms with Crippen LogP contribution < -0.4 is 10.6 Å². The molecule has 3 fully saturated rings. The molecule has 3 aliphatic rings. The lowest BCUT2D eigenvalue weighted by molar-refractivity contribution is -0.126. The van der Waals surface area contributed by atoms with Crippen LogP contribution in [0.15, 0.2) is 4.99 Å². The Morgan fingerprint density at radius 3 is 2.59 bits per heavy atom. The zero-order chi connectivity index (χ0) is 15.6. The van der Waals surface area contributed by atoms with Gasteiger partial charge in [0.05, 0.1) is 19.3 Å². The lowest BCUT2D eigenvalue weighted by Crippen LogP contribution is -2.65. The summed E-state index contributed by atoms with van der Waals surface area (Å²) >= 11 is 0. The Morgan fingerprint density at radius 1 is 1.32 bits per heavy atom. The smallest absolute Gasteiger partial charge is 0.191 e. The number of rotatable bonds is 5. The van der Waals surface area contributed by atoms with E-state index in [4.69, 9.17) is 9.47 Å². The van der Waals surface area contributed by atoms with Gasteiger partial charge < -0.3 is 20.1 Å². The molecule has 2 unspecified atom stereocenters. The minimum absolute atomic E-state index is 0.260. The lowest BCUT2D eigenvalue weighted by atomic mass is 9.60. The Kier molecular flexibility index (Phi) is 4.64. The van der Waals surface area contributed by atoms with Crippen LogP contribution in [0.2, 0.25) is 0 Å². The number of guanidine groups is 1. The molecular weight excluding hydrogens is 278 g/mol. The zero-order valence-corrected chi connectivity index (χ0v) is 14.3. The molecule has 3 rings (SSSR count). The maximum absolute atomic E-state index is 5.98. The van der Waals surface area contributed by atoms with E-state index in [1.54, 1.807) is 0 Å². The van der Waals surface area contributed by atoms with Gasteiger partial charge in [-0.1, -0.05) is 19.8 Å². The first-order chi connectivity index (χ1) is 10.6. The van der Waals surface area contributed by atoms with Gasteiger partial charge in [0.2, 0.25) is 0 Å². The first kappa shape index (κ1) is 16.1. The molecule has 0 aromatic carbocycles. The van der Waals surface area contributed by atoms with E-state index in [9.17, 15) is 0 Å². The van der Waals surface area contributed by atoms with E-state index in [-0.39, 0.29) is 5.41 Å². The summed E-state index contributed by atoms with van der Waals surface area (Å²) in [4.78, 5) is 4.41. The number of ether oxygens (including phenoxy) is 2. The van der Waals surface area contributed by atoms with Gasteiger partial charge in [0.15, 0.2) is 5.96 Å². The van der Waals surface area contributed by atoms with Crippen molar-refractivity contribution in [2.75, 3.05) is 33.4 Å². The van der Waals surface area contributed by atoms with Crippen LogP contribution in [-0.2, 0) is 9.47 Å². The summed E-state index contributed by atoms with van der Waals surface area (Å²) in [6.45, 7) is 7.79. The SMILES string of the molecule is CCOC1CC(NC(=NC)NCC2(C)COC2)C12CCCC2. The van der Waals surface area contributed by atoms with Crippen molar-refractivity contribution in [1.29, 1.82) is 0 Å². The summed E-state index contributed by atoms with van der Waals surface area (Å²) in [5, 5.41) is 7.15. The molecule has 2 aliphatic carbocycles. The van der Waals surface area contributed by atoms with E-state index in [0.717, 1.165) is 38.7 Å². The van der Waals surface area contributed by atoms with E-state index in [1.165, 1.54) is 25.7 Å². The summed E-state index contributed by atoms with van der Waals surface area (Å²) in [6, 6.07) is 0.503. The second-order valence-electron chi connectivity index (χ2n) is 7.55. The van der Waals surface area contributed by atoms with E-state index in [2.05, 4.69) is 29.5 Å². The van der Waals surface area contributed by atoms with Crippen LogP contribution in [0.1, 0.15) is 46.0 Å². The number of hydrogen-bond donors (Lipinski definition) is 2. The largest absolute Gasteiger partial charge is 0.380 e. The van der Waals surface area contributed by atoms with Gasteiger partial charge in [-0.25, -0.2) is 0 Å². The summed E-state index contributed by atoms with van der Waals surface area (Å²) in [6.07, 6.45) is 6.80. The van der Waals surface area contributed by atoms with Gasteiger partial charge in [0, 0.05) is 37.1 Å². The third-order valence-corrected chi connectivity index (χ3v) is 5.81. The molecule has 2 saturated carbocycles. The van der Waals surface area contributed by atoms with Gasteiger partial charge in [-0.2, -0.15) is 0 Å². The quantitative estimate of drug-likeness (QED) is 0.602. The number of nitrogens with zero attached hydrogens (tertiary/aromatic N) is 1. The third-order valence-electron chi connectivity index (χ3n) is 5.81. The summed E-state index contributed by atoms with van der Waals surface area (Å²) in [5.41, 5.74) is 0.604. The van der Waals surface area contributed by atoms with Gasteiger partial charge >= 0.3 is 0 Å². The highest BCUT2D eigenvalue weighted by Gasteiger charge is 2.57. The van der Waals surface area contributed by atoms with Crippen LogP contribution in [-0.4, -0.2) is 51.5 Å². The highest BCUT2D eigenvalue weighted by Crippen LogP contribution is 2.54. The fourth-order valence-electron chi connectivity index (χ4n) is 4.30. The average molecular weight is 309 g/mol. The van der Waals surface area contributed by atoms with Crippen molar-refractivity contribution in [3.8, 4) is 0 Å². The third kappa shape index (κ3) is 2.85. The maximum atomic E-state index is 5.98. The Bertz CT molecular complexity index is 414. The van der Waals surface area contributed by atoms with E-state index in [0.29, 0.717) is 17.6 Å².